The van der Waals surface area contributed by atoms with Gasteiger partial charge < -0.3 is 14.2 Å². The van der Waals surface area contributed by atoms with E-state index in [0.717, 1.165) is 11.3 Å². The molecule has 1 aromatic rings. The lowest BCUT2D eigenvalue weighted by Crippen LogP contribution is -2.35. The third kappa shape index (κ3) is 2.92. The fourth-order valence-corrected chi connectivity index (χ4v) is 3.56. The van der Waals surface area contributed by atoms with E-state index >= 15 is 0 Å². The van der Waals surface area contributed by atoms with Crippen molar-refractivity contribution in [3.63, 3.8) is 0 Å². The van der Waals surface area contributed by atoms with Crippen molar-refractivity contribution in [1.82, 2.24) is 5.32 Å². The summed E-state index contributed by atoms with van der Waals surface area (Å²) in [6.07, 6.45) is 0. The highest BCUT2D eigenvalue weighted by atomic mass is 32.2. The van der Waals surface area contributed by atoms with Crippen LogP contribution >= 0.6 is 11.8 Å². The molecule has 4 nitrogen and oxygen atoms in total. The fourth-order valence-electron chi connectivity index (χ4n) is 2.16. The van der Waals surface area contributed by atoms with Crippen LogP contribution in [0.2, 0.25) is 0 Å². The minimum Gasteiger partial charge on any atom is -0.493 e. The molecular formula is C14H21NO3S. The van der Waals surface area contributed by atoms with Crippen molar-refractivity contribution in [3.05, 3.63) is 17.7 Å². The average Bonchev–Trinajstić information content (AvgIpc) is 2.77. The lowest BCUT2D eigenvalue weighted by atomic mass is 10.1. The summed E-state index contributed by atoms with van der Waals surface area (Å²) < 4.78 is 16.1. The number of hydrogen-bond acceptors (Lipinski definition) is 5. The first-order valence-electron chi connectivity index (χ1n) is 6.20. The molecule has 19 heavy (non-hydrogen) atoms. The van der Waals surface area contributed by atoms with E-state index in [1.807, 2.05) is 23.9 Å². The van der Waals surface area contributed by atoms with Gasteiger partial charge >= 0.3 is 0 Å². The molecule has 0 spiro atoms. The highest BCUT2D eigenvalue weighted by Gasteiger charge is 2.32. The minimum atomic E-state index is 0.149. The summed E-state index contributed by atoms with van der Waals surface area (Å²) in [5, 5.41) is 3.85. The van der Waals surface area contributed by atoms with E-state index in [2.05, 4.69) is 19.2 Å². The molecule has 1 heterocycles. The van der Waals surface area contributed by atoms with E-state index in [9.17, 15) is 0 Å². The number of benzene rings is 1. The summed E-state index contributed by atoms with van der Waals surface area (Å²) in [5.74, 6) is 3.11. The Hall–Kier alpha value is -1.07. The van der Waals surface area contributed by atoms with Crippen LogP contribution in [0.3, 0.4) is 0 Å². The van der Waals surface area contributed by atoms with Gasteiger partial charge in [-0.25, -0.2) is 0 Å². The molecule has 1 fully saturated rings. The van der Waals surface area contributed by atoms with E-state index in [1.54, 1.807) is 21.3 Å². The zero-order valence-corrected chi connectivity index (χ0v) is 12.9. The molecule has 1 saturated heterocycles. The van der Waals surface area contributed by atoms with Gasteiger partial charge in [-0.3, -0.25) is 5.32 Å². The largest absolute Gasteiger partial charge is 0.493 e. The van der Waals surface area contributed by atoms with Crippen LogP contribution < -0.4 is 19.5 Å². The average molecular weight is 283 g/mol. The van der Waals surface area contributed by atoms with Gasteiger partial charge in [-0.15, -0.1) is 11.8 Å². The topological polar surface area (TPSA) is 39.7 Å². The fraction of sp³-hybridized carbons (Fsp3) is 0.571. The maximum Gasteiger partial charge on any atom is 0.203 e. The number of thioether (sulfide) groups is 1. The van der Waals surface area contributed by atoms with Crippen molar-refractivity contribution in [2.45, 2.75) is 24.8 Å². The molecule has 0 aromatic heterocycles. The minimum absolute atomic E-state index is 0.149. The molecule has 1 atom stereocenters. The number of ether oxygens (including phenoxy) is 3. The lowest BCUT2D eigenvalue weighted by Gasteiger charge is -2.20. The molecule has 0 radical (unpaired) electrons. The quantitative estimate of drug-likeness (QED) is 0.920. The van der Waals surface area contributed by atoms with Gasteiger partial charge in [0, 0.05) is 11.3 Å². The Morgan fingerprint density at radius 2 is 1.68 bits per heavy atom. The summed E-state index contributed by atoms with van der Waals surface area (Å²) in [6.45, 7) is 4.41. The second-order valence-electron chi connectivity index (χ2n) is 5.18. The van der Waals surface area contributed by atoms with E-state index in [0.29, 0.717) is 17.2 Å². The zero-order chi connectivity index (χ0) is 14.0. The molecule has 0 amide bonds. The van der Waals surface area contributed by atoms with E-state index in [4.69, 9.17) is 14.2 Å². The molecule has 2 rings (SSSR count). The highest BCUT2D eigenvalue weighted by Crippen LogP contribution is 2.44. The predicted molar refractivity (Wildman–Crippen MR) is 78.5 cm³/mol. The lowest BCUT2D eigenvalue weighted by molar-refractivity contribution is 0.323. The Labute approximate surface area is 118 Å². The molecule has 0 saturated carbocycles. The summed E-state index contributed by atoms with van der Waals surface area (Å²) in [7, 11) is 4.90. The molecule has 1 aliphatic rings. The zero-order valence-electron chi connectivity index (χ0n) is 12.1. The van der Waals surface area contributed by atoms with Gasteiger partial charge in [0.1, 0.15) is 0 Å². The van der Waals surface area contributed by atoms with E-state index < -0.39 is 0 Å². The van der Waals surface area contributed by atoms with Crippen LogP contribution in [-0.2, 0) is 0 Å². The molecule has 106 valence electrons. The van der Waals surface area contributed by atoms with E-state index in [1.165, 1.54) is 0 Å². The molecule has 0 bridgehead atoms. The molecular weight excluding hydrogens is 262 g/mol. The second kappa shape index (κ2) is 5.51. The van der Waals surface area contributed by atoms with Gasteiger partial charge in [0.2, 0.25) is 5.75 Å². The molecule has 1 unspecified atom stereocenters. The third-order valence-electron chi connectivity index (χ3n) is 3.12. The van der Waals surface area contributed by atoms with Crippen molar-refractivity contribution in [3.8, 4) is 17.2 Å². The van der Waals surface area contributed by atoms with Crippen LogP contribution in [0, 0.1) is 0 Å². The van der Waals surface area contributed by atoms with Crippen LogP contribution in [0.1, 0.15) is 24.8 Å². The molecule has 0 aliphatic carbocycles. The first-order valence-corrected chi connectivity index (χ1v) is 7.25. The second-order valence-corrected chi connectivity index (χ2v) is 6.27. The number of hydrogen-bond donors (Lipinski definition) is 1. The Morgan fingerprint density at radius 1 is 1.11 bits per heavy atom. The summed E-state index contributed by atoms with van der Waals surface area (Å²) in [5.41, 5.74) is 1.29. The van der Waals surface area contributed by atoms with Crippen molar-refractivity contribution in [2.24, 2.45) is 0 Å². The smallest absolute Gasteiger partial charge is 0.203 e. The number of rotatable bonds is 4. The SMILES string of the molecule is COc1cc(C2NC(C)(C)CS2)cc(OC)c1OC. The maximum absolute atomic E-state index is 5.39. The summed E-state index contributed by atoms with van der Waals surface area (Å²) in [4.78, 5) is 0. The van der Waals surface area contributed by atoms with Crippen molar-refractivity contribution >= 4 is 11.8 Å². The molecule has 1 aliphatic heterocycles. The van der Waals surface area contributed by atoms with E-state index in [-0.39, 0.29) is 10.9 Å². The van der Waals surface area contributed by atoms with Crippen LogP contribution in [0.25, 0.3) is 0 Å². The summed E-state index contributed by atoms with van der Waals surface area (Å²) in [6, 6.07) is 4.01. The Bertz CT molecular complexity index is 437. The Kier molecular flexibility index (Phi) is 4.16. The summed E-state index contributed by atoms with van der Waals surface area (Å²) >= 11 is 1.89. The van der Waals surface area contributed by atoms with Gasteiger partial charge in [0.25, 0.3) is 0 Å². The van der Waals surface area contributed by atoms with Gasteiger partial charge in [0.15, 0.2) is 11.5 Å². The van der Waals surface area contributed by atoms with Gasteiger partial charge in [-0.2, -0.15) is 0 Å². The van der Waals surface area contributed by atoms with Crippen LogP contribution in [-0.4, -0.2) is 32.6 Å². The number of nitrogens with one attached hydrogen (secondary N) is 1. The maximum atomic E-state index is 5.39. The number of methoxy groups -OCH3 is 3. The predicted octanol–water partition coefficient (Wildman–Crippen LogP) is 2.83. The molecule has 5 heteroatoms. The van der Waals surface area contributed by atoms with Gasteiger partial charge in [-0.05, 0) is 31.5 Å². The Morgan fingerprint density at radius 3 is 2.05 bits per heavy atom. The highest BCUT2D eigenvalue weighted by molar-refractivity contribution is 7.99. The van der Waals surface area contributed by atoms with Crippen LogP contribution in [0.4, 0.5) is 0 Å². The standard InChI is InChI=1S/C14H21NO3S/c1-14(2)8-19-13(15-14)9-6-10(16-3)12(18-5)11(7-9)17-4/h6-7,13,15H,8H2,1-5H3. The van der Waals surface area contributed by atoms with Gasteiger partial charge in [-0.1, -0.05) is 0 Å². The first kappa shape index (κ1) is 14.3. The van der Waals surface area contributed by atoms with Crippen LogP contribution in [0.5, 0.6) is 17.2 Å². The van der Waals surface area contributed by atoms with Crippen molar-refractivity contribution in [2.75, 3.05) is 27.1 Å². The van der Waals surface area contributed by atoms with Crippen molar-refractivity contribution in [1.29, 1.82) is 0 Å². The Balaban J connectivity index is 2.37. The first-order chi connectivity index (χ1) is 9.00. The van der Waals surface area contributed by atoms with Gasteiger partial charge in [0.05, 0.1) is 26.7 Å². The van der Waals surface area contributed by atoms with Crippen molar-refractivity contribution < 1.29 is 14.2 Å². The normalized spacial score (nSPS) is 21.2. The molecule has 1 N–H and O–H groups in total. The van der Waals surface area contributed by atoms with Crippen LogP contribution in [0.15, 0.2) is 12.1 Å². The molecule has 1 aromatic carbocycles. The monoisotopic (exact) mass is 283 g/mol. The third-order valence-corrected chi connectivity index (χ3v) is 4.73.